The molecular formula is C7H6FKNO3. The smallest absolute Gasteiger partial charge is 0.311 e. The van der Waals surface area contributed by atoms with Crippen LogP contribution >= 0.6 is 0 Å². The van der Waals surface area contributed by atoms with Crippen molar-refractivity contribution in [2.45, 2.75) is 0 Å². The molecule has 0 aliphatic rings. The molecule has 65 valence electrons. The minimum atomic E-state index is -0.627. The van der Waals surface area contributed by atoms with Crippen LogP contribution in [0.3, 0.4) is 0 Å². The van der Waals surface area contributed by atoms with Crippen LogP contribution in [0.15, 0.2) is 18.2 Å². The Morgan fingerprint density at radius 3 is 2.62 bits per heavy atom. The summed E-state index contributed by atoms with van der Waals surface area (Å²) in [6, 6.07) is 3.05. The Bertz CT molecular complexity index is 319. The summed E-state index contributed by atoms with van der Waals surface area (Å²) in [5.41, 5.74) is -0.237. The van der Waals surface area contributed by atoms with Crippen molar-refractivity contribution < 1.29 is 14.1 Å². The van der Waals surface area contributed by atoms with Crippen LogP contribution in [-0.4, -0.2) is 63.4 Å². The molecule has 0 saturated carbocycles. The summed E-state index contributed by atoms with van der Waals surface area (Å²) in [5.74, 6) is -0.627. The van der Waals surface area contributed by atoms with Gasteiger partial charge >= 0.3 is 5.69 Å². The third-order valence-corrected chi connectivity index (χ3v) is 1.34. The van der Waals surface area contributed by atoms with E-state index in [9.17, 15) is 14.5 Å². The van der Waals surface area contributed by atoms with Gasteiger partial charge in [-0.2, -0.15) is 0 Å². The maximum absolute atomic E-state index is 12.5. The average molecular weight is 210 g/mol. The van der Waals surface area contributed by atoms with E-state index >= 15 is 0 Å². The van der Waals surface area contributed by atoms with E-state index in [2.05, 4.69) is 4.74 Å². The summed E-state index contributed by atoms with van der Waals surface area (Å²) in [4.78, 5) is 9.67. The second-order valence-corrected chi connectivity index (χ2v) is 2.07. The normalized spacial score (nSPS) is 8.77. The van der Waals surface area contributed by atoms with Gasteiger partial charge in [-0.3, -0.25) is 10.1 Å². The molecule has 4 nitrogen and oxygen atoms in total. The molecular weight excluding hydrogens is 204 g/mol. The number of ether oxygens (including phenoxy) is 1. The Balaban J connectivity index is 0.00000144. The minimum Gasteiger partial charge on any atom is -0.490 e. The zero-order valence-electron chi connectivity index (χ0n) is 7.28. The molecule has 0 fully saturated rings. The molecule has 6 heteroatoms. The monoisotopic (exact) mass is 210 g/mol. The van der Waals surface area contributed by atoms with Crippen molar-refractivity contribution in [3.63, 3.8) is 0 Å². The van der Waals surface area contributed by atoms with Gasteiger partial charge in [0.05, 0.1) is 12.0 Å². The van der Waals surface area contributed by atoms with Crippen molar-refractivity contribution in [3.8, 4) is 5.75 Å². The molecule has 0 atom stereocenters. The maximum Gasteiger partial charge on any atom is 0.311 e. The molecule has 0 amide bonds. The first-order chi connectivity index (χ1) is 5.65. The molecule has 0 aliphatic heterocycles. The number of methoxy groups -OCH3 is 1. The van der Waals surface area contributed by atoms with E-state index in [-0.39, 0.29) is 62.8 Å². The summed E-state index contributed by atoms with van der Waals surface area (Å²) < 4.78 is 17.1. The Labute approximate surface area is 117 Å². The SMILES string of the molecule is COc1cc(F)ccc1[N+](=O)[O-].[K]. The number of rotatable bonds is 2. The molecule has 1 rings (SSSR count). The van der Waals surface area contributed by atoms with Crippen molar-refractivity contribution in [2.75, 3.05) is 7.11 Å². The first kappa shape index (κ1) is 13.0. The number of benzene rings is 1. The predicted molar refractivity (Wildman–Crippen MR) is 45.4 cm³/mol. The van der Waals surface area contributed by atoms with E-state index in [1.54, 1.807) is 0 Å². The standard InChI is InChI=1S/C7H6FNO3.K/c1-12-7-4-5(8)2-3-6(7)9(10)11;/h2-4H,1H3;. The third kappa shape index (κ3) is 3.32. The van der Waals surface area contributed by atoms with Gasteiger partial charge in [0.1, 0.15) is 5.82 Å². The Morgan fingerprint density at radius 1 is 1.54 bits per heavy atom. The topological polar surface area (TPSA) is 52.4 Å². The molecule has 0 saturated heterocycles. The fourth-order valence-corrected chi connectivity index (χ4v) is 0.802. The molecule has 0 unspecified atom stereocenters. The van der Waals surface area contributed by atoms with Crippen LogP contribution in [-0.2, 0) is 0 Å². The predicted octanol–water partition coefficient (Wildman–Crippen LogP) is 1.36. The molecule has 0 aromatic heterocycles. The zero-order chi connectivity index (χ0) is 9.14. The van der Waals surface area contributed by atoms with Crippen LogP contribution in [0.4, 0.5) is 10.1 Å². The van der Waals surface area contributed by atoms with Gasteiger partial charge < -0.3 is 4.74 Å². The largest absolute Gasteiger partial charge is 0.490 e. The second kappa shape index (κ2) is 5.66. The van der Waals surface area contributed by atoms with Crippen LogP contribution in [0.5, 0.6) is 5.75 Å². The van der Waals surface area contributed by atoms with Crippen molar-refractivity contribution in [1.82, 2.24) is 0 Å². The van der Waals surface area contributed by atoms with Crippen molar-refractivity contribution in [2.24, 2.45) is 0 Å². The zero-order valence-corrected chi connectivity index (χ0v) is 10.4. The summed E-state index contributed by atoms with van der Waals surface area (Å²) in [7, 11) is 1.25. The quantitative estimate of drug-likeness (QED) is 0.420. The molecule has 0 bridgehead atoms. The van der Waals surface area contributed by atoms with E-state index in [0.717, 1.165) is 18.2 Å². The van der Waals surface area contributed by atoms with E-state index in [4.69, 9.17) is 0 Å². The van der Waals surface area contributed by atoms with Gasteiger partial charge in [-0.15, -0.1) is 0 Å². The van der Waals surface area contributed by atoms with Gasteiger partial charge in [-0.1, -0.05) is 0 Å². The number of nitrogens with zero attached hydrogens (tertiary/aromatic N) is 1. The summed E-state index contributed by atoms with van der Waals surface area (Å²) in [5, 5.41) is 10.3. The van der Waals surface area contributed by atoms with Gasteiger partial charge in [-0.25, -0.2) is 4.39 Å². The van der Waals surface area contributed by atoms with Gasteiger partial charge in [0.25, 0.3) is 0 Å². The van der Waals surface area contributed by atoms with Gasteiger partial charge in [0.2, 0.25) is 0 Å². The molecule has 0 spiro atoms. The summed E-state index contributed by atoms with van der Waals surface area (Å²) >= 11 is 0. The molecule has 0 heterocycles. The fraction of sp³-hybridized carbons (Fsp3) is 0.143. The van der Waals surface area contributed by atoms with Crippen LogP contribution < -0.4 is 4.74 Å². The average Bonchev–Trinajstić information content (AvgIpc) is 2.03. The molecule has 0 N–H and O–H groups in total. The van der Waals surface area contributed by atoms with E-state index < -0.39 is 10.7 Å². The van der Waals surface area contributed by atoms with Gasteiger partial charge in [0, 0.05) is 63.5 Å². The maximum atomic E-state index is 12.5. The third-order valence-electron chi connectivity index (χ3n) is 1.34. The van der Waals surface area contributed by atoms with Crippen molar-refractivity contribution in [1.29, 1.82) is 0 Å². The minimum absolute atomic E-state index is 0. The van der Waals surface area contributed by atoms with Crippen LogP contribution in [0.2, 0.25) is 0 Å². The summed E-state index contributed by atoms with van der Waals surface area (Å²) in [6.07, 6.45) is 0. The fourth-order valence-electron chi connectivity index (χ4n) is 0.802. The first-order valence-corrected chi connectivity index (χ1v) is 3.13. The number of hydrogen-bond acceptors (Lipinski definition) is 3. The molecule has 0 aliphatic carbocycles. The summed E-state index contributed by atoms with van der Waals surface area (Å²) in [6.45, 7) is 0. The molecule has 1 aromatic carbocycles. The molecule has 1 radical (unpaired) electrons. The number of nitro groups is 1. The van der Waals surface area contributed by atoms with Crippen LogP contribution in [0, 0.1) is 15.9 Å². The van der Waals surface area contributed by atoms with Crippen molar-refractivity contribution in [3.05, 3.63) is 34.1 Å². The molecule has 13 heavy (non-hydrogen) atoms. The first-order valence-electron chi connectivity index (χ1n) is 3.13. The second-order valence-electron chi connectivity index (χ2n) is 2.07. The Morgan fingerprint density at radius 2 is 2.15 bits per heavy atom. The van der Waals surface area contributed by atoms with Gasteiger partial charge in [0.15, 0.2) is 5.75 Å². The Hall–Kier alpha value is -0.0136. The van der Waals surface area contributed by atoms with Gasteiger partial charge in [-0.05, 0) is 6.07 Å². The molecule has 1 aromatic rings. The Kier molecular flexibility index (Phi) is 5.66. The van der Waals surface area contributed by atoms with E-state index in [1.165, 1.54) is 7.11 Å². The van der Waals surface area contributed by atoms with E-state index in [0.29, 0.717) is 0 Å². The van der Waals surface area contributed by atoms with Crippen LogP contribution in [0.25, 0.3) is 0 Å². The number of nitro benzene ring substituents is 1. The van der Waals surface area contributed by atoms with E-state index in [1.807, 2.05) is 0 Å². The van der Waals surface area contributed by atoms with Crippen LogP contribution in [0.1, 0.15) is 0 Å². The number of hydrogen-bond donors (Lipinski definition) is 0. The van der Waals surface area contributed by atoms with Crippen molar-refractivity contribution >= 4 is 57.1 Å². The number of halogens is 1.